The SMILES string of the molecule is [2H]c1c([2H])c([2H])c(-c2cnc(-n3c4[c-]c(Oc5[c-]c(-n6[c-][n+](-c7c(-c8cccc(C(C)(C)C)c8)cccc7-c7c([2H])c([2H])c([2H])c([2H])c7[2H])c7ccc(-c8cc(C(C)(C)C)cc(C(C)(C)C)c8)cc76)ccc5)ccc4c4ccccc43)cc2C([2H])([2H])[2H])c([2H])c1[2H].[Pt]. The van der Waals surface area contributed by atoms with Crippen molar-refractivity contribution in [1.29, 1.82) is 0 Å². The molecule has 3 heterocycles. The van der Waals surface area contributed by atoms with Crippen LogP contribution in [0.2, 0.25) is 0 Å². The van der Waals surface area contributed by atoms with E-state index < -0.39 is 55.2 Å². The third-order valence-electron chi connectivity index (χ3n) is 14.4. The van der Waals surface area contributed by atoms with Crippen LogP contribution in [0.3, 0.4) is 0 Å². The van der Waals surface area contributed by atoms with Crippen LogP contribution in [0, 0.1) is 25.3 Å². The molecule has 0 radical (unpaired) electrons. The van der Waals surface area contributed by atoms with Crippen LogP contribution in [0.5, 0.6) is 11.5 Å². The van der Waals surface area contributed by atoms with Crippen LogP contribution < -0.4 is 9.30 Å². The summed E-state index contributed by atoms with van der Waals surface area (Å²) in [4.78, 5) is 4.74. The van der Waals surface area contributed by atoms with Gasteiger partial charge in [0.25, 0.3) is 6.33 Å². The molecule has 0 aliphatic heterocycles. The molecule has 3 aromatic heterocycles. The Morgan fingerprint density at radius 1 is 0.519 bits per heavy atom. The van der Waals surface area contributed by atoms with E-state index in [2.05, 4.69) is 123 Å². The summed E-state index contributed by atoms with van der Waals surface area (Å²) in [6, 6.07) is 46.9. The van der Waals surface area contributed by atoms with E-state index in [9.17, 15) is 2.74 Å². The van der Waals surface area contributed by atoms with Crippen LogP contribution >= 0.6 is 0 Å². The number of hydrogen-bond donors (Lipinski definition) is 0. The van der Waals surface area contributed by atoms with Crippen molar-refractivity contribution < 1.29 is 48.2 Å². The van der Waals surface area contributed by atoms with Crippen molar-refractivity contribution >= 4 is 32.8 Å². The number of aromatic nitrogens is 4. The average Bonchev–Trinajstić information content (AvgIpc) is 1.46. The van der Waals surface area contributed by atoms with Gasteiger partial charge in [0.1, 0.15) is 5.82 Å². The van der Waals surface area contributed by atoms with Crippen LogP contribution in [0.1, 0.15) is 102 Å². The Kier molecular flexibility index (Phi) is 10.2. The zero-order valence-corrected chi connectivity index (χ0v) is 47.6. The van der Waals surface area contributed by atoms with E-state index in [0.29, 0.717) is 44.8 Å². The van der Waals surface area contributed by atoms with Crippen LogP contribution in [-0.4, -0.2) is 14.1 Å². The molecular formula is C73H64N4OPt-2. The molecule has 0 unspecified atom stereocenters. The van der Waals surface area contributed by atoms with E-state index in [4.69, 9.17) is 24.8 Å². The van der Waals surface area contributed by atoms with E-state index >= 15 is 0 Å². The molecule has 394 valence electrons. The Balaban J connectivity index is 0.00000867. The fraction of sp³-hybridized carbons (Fsp3) is 0.178. The smallest absolute Gasteiger partial charge is 0.268 e. The Hall–Kier alpha value is -8.11. The van der Waals surface area contributed by atoms with E-state index in [1.165, 1.54) is 23.4 Å². The molecule has 6 heteroatoms. The summed E-state index contributed by atoms with van der Waals surface area (Å²) in [5.74, 6) is 0.751. The monoisotopic (exact) mass is 1220 g/mol. The van der Waals surface area contributed by atoms with Gasteiger partial charge in [0.05, 0.1) is 30.4 Å². The average molecular weight is 1220 g/mol. The molecular weight excluding hydrogens is 1140 g/mol. The number of fused-ring (bicyclic) bond motifs is 4. The van der Waals surface area contributed by atoms with Gasteiger partial charge in [0.15, 0.2) is 0 Å². The Labute approximate surface area is 498 Å². The molecule has 0 spiro atoms. The molecule has 9 aromatic carbocycles. The fourth-order valence-corrected chi connectivity index (χ4v) is 10.1. The Bertz CT molecular complexity index is 4900. The molecule has 5 nitrogen and oxygen atoms in total. The van der Waals surface area contributed by atoms with Crippen molar-refractivity contribution in [2.24, 2.45) is 0 Å². The Morgan fingerprint density at radius 3 is 1.85 bits per heavy atom. The van der Waals surface area contributed by atoms with Gasteiger partial charge in [-0.1, -0.05) is 219 Å². The zero-order valence-electron chi connectivity index (χ0n) is 58.4. The minimum absolute atomic E-state index is 0. The molecule has 0 amide bonds. The minimum Gasteiger partial charge on any atom is -0.510 e. The van der Waals surface area contributed by atoms with Crippen molar-refractivity contribution in [2.45, 2.75) is 85.4 Å². The van der Waals surface area contributed by atoms with Crippen LogP contribution in [0.4, 0.5) is 0 Å². The first-order chi connectivity index (χ1) is 42.8. The number of para-hydroxylation sites is 2. The Morgan fingerprint density at radius 2 is 1.15 bits per heavy atom. The van der Waals surface area contributed by atoms with E-state index in [1.54, 1.807) is 22.8 Å². The van der Waals surface area contributed by atoms with Gasteiger partial charge in [-0.3, -0.25) is 4.57 Å². The molecule has 0 N–H and O–H groups in total. The maximum Gasteiger partial charge on any atom is 0.268 e. The van der Waals surface area contributed by atoms with E-state index in [1.807, 2.05) is 81.9 Å². The summed E-state index contributed by atoms with van der Waals surface area (Å²) in [5, 5.41) is 1.55. The van der Waals surface area contributed by atoms with Crippen molar-refractivity contribution in [3.8, 4) is 73.2 Å². The van der Waals surface area contributed by atoms with Crippen molar-refractivity contribution in [3.63, 3.8) is 0 Å². The molecule has 12 aromatic rings. The van der Waals surface area contributed by atoms with Crippen LogP contribution in [0.25, 0.3) is 94.5 Å². The van der Waals surface area contributed by atoms with Gasteiger partial charge in [0, 0.05) is 54.0 Å². The number of rotatable bonds is 9. The van der Waals surface area contributed by atoms with Crippen LogP contribution in [-0.2, 0) is 37.3 Å². The standard InChI is InChI=1S/C73H64N4O.Pt/c1-48-38-69(74-46-64(48)50-24-15-12-16-25-50)77-65-33-18-17-30-62(65)63-36-35-59(45-67(63)77)78-58-29-20-28-57(44-58)75-47-76(66-37-34-51(42-68(66)75)53-40-55(72(5,6)7)43-56(41-53)73(8,9)10)70-60(49-22-13-11-14-23-49)31-21-32-61(70)52-26-19-27-54(39-52)71(2,3)4;/h11-43,46H,1-10H3;/q-2;/i1D3,11D,12D,13D,14D,15D,16D,22D,23D,24D,25D;. The van der Waals surface area contributed by atoms with Gasteiger partial charge >= 0.3 is 0 Å². The number of hydrogen-bond acceptors (Lipinski definition) is 2. The minimum atomic E-state index is -2.81. The predicted octanol–water partition coefficient (Wildman–Crippen LogP) is 18.5. The second-order valence-corrected chi connectivity index (χ2v) is 22.8. The molecule has 0 fully saturated rings. The van der Waals surface area contributed by atoms with Crippen molar-refractivity contribution in [1.82, 2.24) is 14.1 Å². The fourth-order valence-electron chi connectivity index (χ4n) is 10.1. The quantitative estimate of drug-likeness (QED) is 0.107. The summed E-state index contributed by atoms with van der Waals surface area (Å²) in [7, 11) is 0. The van der Waals surface area contributed by atoms with E-state index in [0.717, 1.165) is 38.6 Å². The van der Waals surface area contributed by atoms with Gasteiger partial charge in [-0.05, 0) is 114 Å². The topological polar surface area (TPSA) is 35.9 Å². The maximum absolute atomic E-state index is 9.34. The van der Waals surface area contributed by atoms with Gasteiger partial charge in [-0.2, -0.15) is 18.2 Å². The second kappa shape index (κ2) is 20.6. The summed E-state index contributed by atoms with van der Waals surface area (Å²) < 4.78 is 126. The van der Waals surface area contributed by atoms with Crippen LogP contribution in [0.15, 0.2) is 206 Å². The molecule has 0 atom stereocenters. The number of nitrogens with zero attached hydrogens (tertiary/aromatic N) is 4. The third kappa shape index (κ3) is 10.2. The molecule has 0 saturated heterocycles. The number of ether oxygens (including phenoxy) is 1. The predicted molar refractivity (Wildman–Crippen MR) is 323 cm³/mol. The molecule has 0 aliphatic rings. The summed E-state index contributed by atoms with van der Waals surface area (Å²) in [6.45, 7) is 16.9. The molecule has 0 saturated carbocycles. The first kappa shape index (κ1) is 39.3. The normalized spacial score (nSPS) is 14.6. The van der Waals surface area contributed by atoms with Gasteiger partial charge in [-0.25, -0.2) is 4.98 Å². The van der Waals surface area contributed by atoms with Crippen molar-refractivity contribution in [3.05, 3.63) is 247 Å². The summed E-state index contributed by atoms with van der Waals surface area (Å²) in [6.07, 6.45) is 4.95. The number of imidazole rings is 1. The molecule has 12 rings (SSSR count). The summed E-state index contributed by atoms with van der Waals surface area (Å²) in [5.41, 5.74) is 9.72. The zero-order chi connectivity index (χ0) is 65.3. The van der Waals surface area contributed by atoms with Gasteiger partial charge in [-0.15, -0.1) is 29.7 Å². The molecule has 79 heavy (non-hydrogen) atoms. The molecule has 0 bridgehead atoms. The second-order valence-electron chi connectivity index (χ2n) is 22.8. The largest absolute Gasteiger partial charge is 0.510 e. The first-order valence-electron chi connectivity index (χ1n) is 32.5. The summed E-state index contributed by atoms with van der Waals surface area (Å²) >= 11 is 0. The van der Waals surface area contributed by atoms with Gasteiger partial charge < -0.3 is 13.9 Å². The number of pyridine rings is 1. The maximum atomic E-state index is 9.34. The number of benzene rings is 9. The van der Waals surface area contributed by atoms with Crippen molar-refractivity contribution in [2.75, 3.05) is 0 Å². The number of aryl methyl sites for hydroxylation is 1. The van der Waals surface area contributed by atoms with E-state index in [-0.39, 0.29) is 83.2 Å². The first-order valence-corrected chi connectivity index (χ1v) is 26.0. The van der Waals surface area contributed by atoms with Gasteiger partial charge in [0.2, 0.25) is 0 Å². The molecule has 0 aliphatic carbocycles. The third-order valence-corrected chi connectivity index (χ3v) is 14.4.